The highest BCUT2D eigenvalue weighted by atomic mass is 16.3. The smallest absolute Gasteiger partial charge is 0.287 e. The van der Waals surface area contributed by atoms with E-state index in [0.717, 1.165) is 25.7 Å². The van der Waals surface area contributed by atoms with Crippen LogP contribution in [0.25, 0.3) is 0 Å². The third kappa shape index (κ3) is 4.09. The number of furan rings is 1. The van der Waals surface area contributed by atoms with Gasteiger partial charge in [0.1, 0.15) is 0 Å². The zero-order chi connectivity index (χ0) is 14.4. The summed E-state index contributed by atoms with van der Waals surface area (Å²) in [6.45, 7) is 0.360. The quantitative estimate of drug-likeness (QED) is 0.739. The third-order valence-corrected chi connectivity index (χ3v) is 3.58. The zero-order valence-electron chi connectivity index (χ0n) is 11.3. The maximum atomic E-state index is 11.6. The van der Waals surface area contributed by atoms with Crippen LogP contribution in [0.2, 0.25) is 0 Å². The minimum absolute atomic E-state index is 0.0949. The van der Waals surface area contributed by atoms with Gasteiger partial charge in [0.25, 0.3) is 5.91 Å². The third-order valence-electron chi connectivity index (χ3n) is 3.58. The Morgan fingerprint density at radius 1 is 1.30 bits per heavy atom. The van der Waals surface area contributed by atoms with Gasteiger partial charge in [-0.05, 0) is 25.0 Å². The second-order valence-electron chi connectivity index (χ2n) is 5.08. The first-order valence-corrected chi connectivity index (χ1v) is 6.93. The molecule has 0 radical (unpaired) electrons. The lowest BCUT2D eigenvalue weighted by atomic mass is 9.86. The van der Waals surface area contributed by atoms with Crippen molar-refractivity contribution in [3.05, 3.63) is 24.2 Å². The Morgan fingerprint density at radius 3 is 2.80 bits per heavy atom. The molecule has 0 aliphatic heterocycles. The number of hydrogen-bond donors (Lipinski definition) is 3. The number of nitrogens with one attached hydrogen (secondary N) is 2. The molecule has 2 atom stereocenters. The van der Waals surface area contributed by atoms with Crippen LogP contribution in [-0.2, 0) is 4.79 Å². The molecule has 1 aliphatic carbocycles. The highest BCUT2D eigenvalue weighted by molar-refractivity contribution is 5.94. The second-order valence-corrected chi connectivity index (χ2v) is 5.08. The van der Waals surface area contributed by atoms with E-state index in [1.165, 1.54) is 12.3 Å². The van der Waals surface area contributed by atoms with Gasteiger partial charge < -0.3 is 20.2 Å². The molecule has 1 heterocycles. The molecule has 0 saturated heterocycles. The van der Waals surface area contributed by atoms with Crippen LogP contribution in [0.3, 0.4) is 0 Å². The molecular weight excluding hydrogens is 260 g/mol. The first-order valence-electron chi connectivity index (χ1n) is 6.93. The van der Waals surface area contributed by atoms with E-state index < -0.39 is 5.91 Å². The van der Waals surface area contributed by atoms with E-state index in [4.69, 9.17) is 4.42 Å². The maximum absolute atomic E-state index is 11.6. The predicted molar refractivity (Wildman–Crippen MR) is 72.0 cm³/mol. The normalized spacial score (nSPS) is 22.2. The van der Waals surface area contributed by atoms with Gasteiger partial charge in [-0.15, -0.1) is 0 Å². The molecular formula is C14H20N2O4. The standard InChI is InChI=1S/C14H20N2O4/c17-11-5-2-1-4-10(11)8-15-13(18)9-16-14(19)12-6-3-7-20-12/h3,6-7,10-11,17H,1-2,4-5,8-9H2,(H,15,18)(H,16,19). The van der Waals surface area contributed by atoms with Crippen molar-refractivity contribution in [3.63, 3.8) is 0 Å². The number of hydrogen-bond acceptors (Lipinski definition) is 4. The minimum Gasteiger partial charge on any atom is -0.459 e. The Hall–Kier alpha value is -1.82. The summed E-state index contributed by atoms with van der Waals surface area (Å²) in [6, 6.07) is 3.14. The van der Waals surface area contributed by atoms with Gasteiger partial charge >= 0.3 is 0 Å². The Morgan fingerprint density at radius 2 is 2.10 bits per heavy atom. The molecule has 2 amide bonds. The summed E-state index contributed by atoms with van der Waals surface area (Å²) in [5.74, 6) is -0.375. The highest BCUT2D eigenvalue weighted by Gasteiger charge is 2.23. The fourth-order valence-corrected chi connectivity index (χ4v) is 2.39. The molecule has 6 nitrogen and oxygen atoms in total. The molecule has 0 spiro atoms. The molecule has 1 fully saturated rings. The van der Waals surface area contributed by atoms with Gasteiger partial charge in [-0.25, -0.2) is 0 Å². The maximum Gasteiger partial charge on any atom is 0.287 e. The van der Waals surface area contributed by atoms with E-state index in [1.807, 2.05) is 0 Å². The number of rotatable bonds is 5. The summed E-state index contributed by atoms with van der Waals surface area (Å²) in [7, 11) is 0. The molecule has 1 aromatic rings. The van der Waals surface area contributed by atoms with Crippen molar-refractivity contribution < 1.29 is 19.1 Å². The summed E-state index contributed by atoms with van der Waals surface area (Å²) in [4.78, 5) is 23.2. The molecule has 20 heavy (non-hydrogen) atoms. The van der Waals surface area contributed by atoms with Crippen molar-refractivity contribution in [1.82, 2.24) is 10.6 Å². The van der Waals surface area contributed by atoms with Gasteiger partial charge in [-0.3, -0.25) is 9.59 Å². The first-order chi connectivity index (χ1) is 9.66. The van der Waals surface area contributed by atoms with Crippen LogP contribution in [0, 0.1) is 5.92 Å². The number of amides is 2. The van der Waals surface area contributed by atoms with Crippen LogP contribution in [-0.4, -0.2) is 36.1 Å². The van der Waals surface area contributed by atoms with Gasteiger partial charge in [-0.1, -0.05) is 12.8 Å². The lowest BCUT2D eigenvalue weighted by Crippen LogP contribution is -2.41. The van der Waals surface area contributed by atoms with Gasteiger partial charge in [0.05, 0.1) is 18.9 Å². The van der Waals surface area contributed by atoms with Crippen molar-refractivity contribution in [3.8, 4) is 0 Å². The number of carbonyl (C=O) groups excluding carboxylic acids is 2. The van der Waals surface area contributed by atoms with Crippen LogP contribution in [0.5, 0.6) is 0 Å². The van der Waals surface area contributed by atoms with E-state index in [2.05, 4.69) is 10.6 Å². The lowest BCUT2D eigenvalue weighted by molar-refractivity contribution is -0.120. The van der Waals surface area contributed by atoms with E-state index >= 15 is 0 Å². The first kappa shape index (κ1) is 14.6. The summed E-state index contributed by atoms with van der Waals surface area (Å²) >= 11 is 0. The average Bonchev–Trinajstić information content (AvgIpc) is 2.98. The monoisotopic (exact) mass is 280 g/mol. The fourth-order valence-electron chi connectivity index (χ4n) is 2.39. The van der Waals surface area contributed by atoms with Gasteiger partial charge in [0.2, 0.25) is 5.91 Å². The average molecular weight is 280 g/mol. The highest BCUT2D eigenvalue weighted by Crippen LogP contribution is 2.23. The molecule has 2 unspecified atom stereocenters. The van der Waals surface area contributed by atoms with Crippen molar-refractivity contribution in [2.75, 3.05) is 13.1 Å². The Kier molecular flexibility index (Phi) is 5.17. The topological polar surface area (TPSA) is 91.6 Å². The molecule has 2 rings (SSSR count). The predicted octanol–water partition coefficient (Wildman–Crippen LogP) is 0.677. The van der Waals surface area contributed by atoms with Crippen molar-refractivity contribution in [1.29, 1.82) is 0 Å². The molecule has 110 valence electrons. The fraction of sp³-hybridized carbons (Fsp3) is 0.571. The van der Waals surface area contributed by atoms with Crippen LogP contribution in [0.15, 0.2) is 22.8 Å². The number of aliphatic hydroxyl groups excluding tert-OH is 1. The Bertz CT molecular complexity index is 444. The number of carbonyl (C=O) groups is 2. The minimum atomic E-state index is -0.414. The molecule has 0 bridgehead atoms. The van der Waals surface area contributed by atoms with Crippen LogP contribution >= 0.6 is 0 Å². The van der Waals surface area contributed by atoms with Gasteiger partial charge in [0.15, 0.2) is 5.76 Å². The van der Waals surface area contributed by atoms with Crippen molar-refractivity contribution in [2.24, 2.45) is 5.92 Å². The van der Waals surface area contributed by atoms with Crippen molar-refractivity contribution in [2.45, 2.75) is 31.8 Å². The largest absolute Gasteiger partial charge is 0.459 e. The van der Waals surface area contributed by atoms with Crippen LogP contribution < -0.4 is 10.6 Å². The zero-order valence-corrected chi connectivity index (χ0v) is 11.3. The summed E-state index contributed by atoms with van der Waals surface area (Å²) in [5, 5.41) is 15.0. The van der Waals surface area contributed by atoms with Crippen molar-refractivity contribution >= 4 is 11.8 Å². The Balaban J connectivity index is 1.66. The second kappa shape index (κ2) is 7.09. The molecule has 3 N–H and O–H groups in total. The SMILES string of the molecule is O=C(CNC(=O)c1ccco1)NCC1CCCCC1O. The molecule has 1 aliphatic rings. The molecule has 0 aromatic carbocycles. The molecule has 6 heteroatoms. The number of aliphatic hydroxyl groups is 1. The lowest BCUT2D eigenvalue weighted by Gasteiger charge is -2.27. The van der Waals surface area contributed by atoms with E-state index in [-0.39, 0.29) is 30.2 Å². The molecule has 1 saturated carbocycles. The molecule has 1 aromatic heterocycles. The van der Waals surface area contributed by atoms with E-state index in [1.54, 1.807) is 6.07 Å². The summed E-state index contributed by atoms with van der Waals surface area (Å²) in [5.41, 5.74) is 0. The van der Waals surface area contributed by atoms with Gasteiger partial charge in [-0.2, -0.15) is 0 Å². The van der Waals surface area contributed by atoms with E-state index in [0.29, 0.717) is 6.54 Å². The summed E-state index contributed by atoms with van der Waals surface area (Å²) in [6.07, 6.45) is 4.94. The van der Waals surface area contributed by atoms with E-state index in [9.17, 15) is 14.7 Å². The van der Waals surface area contributed by atoms with Gasteiger partial charge in [0, 0.05) is 12.5 Å². The van der Waals surface area contributed by atoms with Crippen LogP contribution in [0.1, 0.15) is 36.2 Å². The Labute approximate surface area is 117 Å². The summed E-state index contributed by atoms with van der Waals surface area (Å²) < 4.78 is 4.92. The van der Waals surface area contributed by atoms with Crippen LogP contribution in [0.4, 0.5) is 0 Å².